The summed E-state index contributed by atoms with van der Waals surface area (Å²) in [7, 11) is 1.91. The molecular formula is C13H19N3O. The number of rotatable bonds is 3. The van der Waals surface area contributed by atoms with Crippen molar-refractivity contribution in [3.63, 3.8) is 0 Å². The van der Waals surface area contributed by atoms with E-state index in [1.165, 1.54) is 0 Å². The normalized spacial score (nSPS) is 17.1. The Labute approximate surface area is 102 Å². The standard InChI is InChI=1S/C13H19N3O/c1-10(14-2)9-16-12-6-4-3-5-11(12)15-8-7-13(16)17/h3-6,10,14-15H,7-9H2,1-2H3. The molecule has 0 spiro atoms. The first-order valence-corrected chi connectivity index (χ1v) is 6.03. The molecular weight excluding hydrogens is 214 g/mol. The molecule has 0 saturated heterocycles. The number of likely N-dealkylation sites (N-methyl/N-ethyl adjacent to an activating group) is 1. The van der Waals surface area contributed by atoms with E-state index in [9.17, 15) is 4.79 Å². The molecule has 92 valence electrons. The van der Waals surface area contributed by atoms with Crippen LogP contribution in [-0.4, -0.2) is 32.1 Å². The number of benzene rings is 1. The molecule has 4 heteroatoms. The Morgan fingerprint density at radius 2 is 2.24 bits per heavy atom. The van der Waals surface area contributed by atoms with Crippen LogP contribution in [0, 0.1) is 0 Å². The number of carbonyl (C=O) groups excluding carboxylic acids is 1. The number of hydrogen-bond donors (Lipinski definition) is 2. The predicted molar refractivity (Wildman–Crippen MR) is 70.4 cm³/mol. The number of anilines is 2. The summed E-state index contributed by atoms with van der Waals surface area (Å²) in [6.45, 7) is 3.49. The highest BCUT2D eigenvalue weighted by Crippen LogP contribution is 2.28. The van der Waals surface area contributed by atoms with Crippen LogP contribution in [0.25, 0.3) is 0 Å². The van der Waals surface area contributed by atoms with Gasteiger partial charge in [-0.3, -0.25) is 4.79 Å². The van der Waals surface area contributed by atoms with Gasteiger partial charge in [0.1, 0.15) is 0 Å². The third-order valence-corrected chi connectivity index (χ3v) is 3.10. The predicted octanol–water partition coefficient (Wildman–Crippen LogP) is 1.44. The lowest BCUT2D eigenvalue weighted by Gasteiger charge is -2.25. The summed E-state index contributed by atoms with van der Waals surface area (Å²) in [4.78, 5) is 14.0. The Hall–Kier alpha value is -1.55. The Balaban J connectivity index is 2.30. The summed E-state index contributed by atoms with van der Waals surface area (Å²) in [5.41, 5.74) is 2.03. The molecule has 1 aliphatic rings. The molecule has 1 unspecified atom stereocenters. The van der Waals surface area contributed by atoms with Gasteiger partial charge in [-0.15, -0.1) is 0 Å². The lowest BCUT2D eigenvalue weighted by atomic mass is 10.2. The first-order valence-electron chi connectivity index (χ1n) is 6.03. The molecule has 2 rings (SSSR count). The van der Waals surface area contributed by atoms with E-state index in [1.54, 1.807) is 0 Å². The first-order chi connectivity index (χ1) is 8.22. The van der Waals surface area contributed by atoms with Crippen molar-refractivity contribution < 1.29 is 4.79 Å². The number of nitrogens with zero attached hydrogens (tertiary/aromatic N) is 1. The lowest BCUT2D eigenvalue weighted by Crippen LogP contribution is -2.41. The van der Waals surface area contributed by atoms with Crippen LogP contribution in [0.4, 0.5) is 11.4 Å². The van der Waals surface area contributed by atoms with E-state index in [4.69, 9.17) is 0 Å². The smallest absolute Gasteiger partial charge is 0.228 e. The molecule has 1 aliphatic heterocycles. The van der Waals surface area contributed by atoms with Crippen molar-refractivity contribution in [2.24, 2.45) is 0 Å². The zero-order valence-electron chi connectivity index (χ0n) is 10.4. The Morgan fingerprint density at radius 3 is 3.00 bits per heavy atom. The minimum Gasteiger partial charge on any atom is -0.383 e. The SMILES string of the molecule is CNC(C)CN1C(=O)CCNc2ccccc21. The third-order valence-electron chi connectivity index (χ3n) is 3.10. The van der Waals surface area contributed by atoms with Crippen LogP contribution >= 0.6 is 0 Å². The van der Waals surface area contributed by atoms with Crippen LogP contribution in [0.1, 0.15) is 13.3 Å². The quantitative estimate of drug-likeness (QED) is 0.830. The Kier molecular flexibility index (Phi) is 3.64. The van der Waals surface area contributed by atoms with Gasteiger partial charge in [-0.25, -0.2) is 0 Å². The van der Waals surface area contributed by atoms with Gasteiger partial charge in [-0.2, -0.15) is 0 Å². The van der Waals surface area contributed by atoms with Crippen molar-refractivity contribution in [2.75, 3.05) is 30.4 Å². The summed E-state index contributed by atoms with van der Waals surface area (Å²) in [6, 6.07) is 8.25. The summed E-state index contributed by atoms with van der Waals surface area (Å²) >= 11 is 0. The van der Waals surface area contributed by atoms with E-state index in [2.05, 4.69) is 17.6 Å². The number of hydrogen-bond acceptors (Lipinski definition) is 3. The van der Waals surface area contributed by atoms with Crippen molar-refractivity contribution in [3.05, 3.63) is 24.3 Å². The van der Waals surface area contributed by atoms with Gasteiger partial charge >= 0.3 is 0 Å². The van der Waals surface area contributed by atoms with Crippen molar-refractivity contribution in [2.45, 2.75) is 19.4 Å². The van der Waals surface area contributed by atoms with Crippen molar-refractivity contribution in [1.29, 1.82) is 0 Å². The fourth-order valence-corrected chi connectivity index (χ4v) is 2.00. The monoisotopic (exact) mass is 233 g/mol. The van der Waals surface area contributed by atoms with Crippen LogP contribution in [-0.2, 0) is 4.79 Å². The minimum atomic E-state index is 0.185. The molecule has 1 aromatic carbocycles. The molecule has 1 amide bonds. The molecule has 1 aromatic rings. The number of fused-ring (bicyclic) bond motifs is 1. The first kappa shape index (κ1) is 11.9. The molecule has 0 bridgehead atoms. The van der Waals surface area contributed by atoms with Crippen LogP contribution < -0.4 is 15.5 Å². The second kappa shape index (κ2) is 5.19. The maximum absolute atomic E-state index is 12.1. The third kappa shape index (κ3) is 2.58. The molecule has 1 heterocycles. The van der Waals surface area contributed by atoms with E-state index in [-0.39, 0.29) is 11.9 Å². The molecule has 0 saturated carbocycles. The Morgan fingerprint density at radius 1 is 1.47 bits per heavy atom. The van der Waals surface area contributed by atoms with Crippen molar-refractivity contribution in [1.82, 2.24) is 5.32 Å². The molecule has 1 atom stereocenters. The molecule has 0 aromatic heterocycles. The highest BCUT2D eigenvalue weighted by molar-refractivity contribution is 5.98. The zero-order valence-corrected chi connectivity index (χ0v) is 10.4. The van der Waals surface area contributed by atoms with Crippen molar-refractivity contribution >= 4 is 17.3 Å². The topological polar surface area (TPSA) is 44.4 Å². The minimum absolute atomic E-state index is 0.185. The van der Waals surface area contributed by atoms with Gasteiger partial charge in [0.05, 0.1) is 11.4 Å². The van der Waals surface area contributed by atoms with Crippen LogP contribution in [0.3, 0.4) is 0 Å². The highest BCUT2D eigenvalue weighted by Gasteiger charge is 2.22. The van der Waals surface area contributed by atoms with Gasteiger partial charge in [0.15, 0.2) is 0 Å². The summed E-state index contributed by atoms with van der Waals surface area (Å²) in [5, 5.41) is 6.46. The number of carbonyl (C=O) groups is 1. The maximum Gasteiger partial charge on any atom is 0.228 e. The Bertz CT molecular complexity index is 405. The molecule has 0 aliphatic carbocycles. The maximum atomic E-state index is 12.1. The fourth-order valence-electron chi connectivity index (χ4n) is 2.00. The van der Waals surface area contributed by atoms with Crippen LogP contribution in [0.5, 0.6) is 0 Å². The van der Waals surface area contributed by atoms with Gasteiger partial charge in [-0.1, -0.05) is 12.1 Å². The highest BCUT2D eigenvalue weighted by atomic mass is 16.2. The van der Waals surface area contributed by atoms with E-state index < -0.39 is 0 Å². The summed E-state index contributed by atoms with van der Waals surface area (Å²) in [5.74, 6) is 0.185. The zero-order chi connectivity index (χ0) is 12.3. The number of para-hydroxylation sites is 2. The second-order valence-corrected chi connectivity index (χ2v) is 4.39. The van der Waals surface area contributed by atoms with Crippen LogP contribution in [0.15, 0.2) is 24.3 Å². The van der Waals surface area contributed by atoms with Gasteiger partial charge in [0.2, 0.25) is 5.91 Å². The second-order valence-electron chi connectivity index (χ2n) is 4.39. The largest absolute Gasteiger partial charge is 0.383 e. The molecule has 2 N–H and O–H groups in total. The molecule has 4 nitrogen and oxygen atoms in total. The van der Waals surface area contributed by atoms with Crippen molar-refractivity contribution in [3.8, 4) is 0 Å². The fraction of sp³-hybridized carbons (Fsp3) is 0.462. The van der Waals surface area contributed by atoms with E-state index >= 15 is 0 Å². The number of amides is 1. The lowest BCUT2D eigenvalue weighted by molar-refractivity contribution is -0.118. The van der Waals surface area contributed by atoms with E-state index in [0.717, 1.165) is 11.4 Å². The van der Waals surface area contributed by atoms with Gasteiger partial charge in [0, 0.05) is 25.6 Å². The van der Waals surface area contributed by atoms with E-state index in [0.29, 0.717) is 19.5 Å². The number of nitrogens with one attached hydrogen (secondary N) is 2. The van der Waals surface area contributed by atoms with Gasteiger partial charge in [-0.05, 0) is 26.1 Å². The average Bonchev–Trinajstić information content (AvgIpc) is 2.50. The average molecular weight is 233 g/mol. The van der Waals surface area contributed by atoms with E-state index in [1.807, 2.05) is 36.2 Å². The summed E-state index contributed by atoms with van der Waals surface area (Å²) in [6.07, 6.45) is 0.547. The molecule has 17 heavy (non-hydrogen) atoms. The molecule has 0 radical (unpaired) electrons. The summed E-state index contributed by atoms with van der Waals surface area (Å²) < 4.78 is 0. The molecule has 0 fully saturated rings. The van der Waals surface area contributed by atoms with Gasteiger partial charge < -0.3 is 15.5 Å². The van der Waals surface area contributed by atoms with Gasteiger partial charge in [0.25, 0.3) is 0 Å². The van der Waals surface area contributed by atoms with Crippen LogP contribution in [0.2, 0.25) is 0 Å².